The van der Waals surface area contributed by atoms with Crippen LogP contribution in [0.1, 0.15) is 24.2 Å². The molecule has 0 spiro atoms. The first-order valence-electron chi connectivity index (χ1n) is 6.59. The summed E-state index contributed by atoms with van der Waals surface area (Å²) in [5, 5.41) is 2.66. The Morgan fingerprint density at radius 2 is 1.70 bits per heavy atom. The molecule has 0 aliphatic carbocycles. The van der Waals surface area contributed by atoms with Crippen LogP contribution in [0.4, 0.5) is 0 Å². The molecule has 0 radical (unpaired) electrons. The number of hydrogen-bond donors (Lipinski definition) is 2. The zero-order valence-corrected chi connectivity index (χ0v) is 12.6. The minimum absolute atomic E-state index is 0.164. The van der Waals surface area contributed by atoms with Gasteiger partial charge in [-0.1, -0.05) is 32.0 Å². The molecule has 7 heteroatoms. The van der Waals surface area contributed by atoms with Gasteiger partial charge in [-0.3, -0.25) is 4.79 Å². The van der Waals surface area contributed by atoms with Gasteiger partial charge in [0.05, 0.1) is 0 Å². The minimum Gasteiger partial charge on any atom is -0.351 e. The summed E-state index contributed by atoms with van der Waals surface area (Å²) < 4.78 is 27.4. The zero-order valence-electron chi connectivity index (χ0n) is 11.8. The lowest BCUT2D eigenvalue weighted by molar-refractivity contribution is 0.0954. The fourth-order valence-electron chi connectivity index (χ4n) is 1.70. The average molecular weight is 299 g/mol. The Kier molecular flexibility index (Phi) is 6.63. The van der Waals surface area contributed by atoms with Gasteiger partial charge in [0.25, 0.3) is 16.1 Å². The van der Waals surface area contributed by atoms with Gasteiger partial charge in [-0.05, 0) is 12.1 Å². The summed E-state index contributed by atoms with van der Waals surface area (Å²) in [5.74, 6) is -0.215. The van der Waals surface area contributed by atoms with Crippen molar-refractivity contribution in [3.63, 3.8) is 0 Å². The van der Waals surface area contributed by atoms with Crippen molar-refractivity contribution in [1.82, 2.24) is 14.3 Å². The third-order valence-corrected chi connectivity index (χ3v) is 4.54. The summed E-state index contributed by atoms with van der Waals surface area (Å²) in [7, 11) is -3.45. The topological polar surface area (TPSA) is 78.5 Å². The summed E-state index contributed by atoms with van der Waals surface area (Å²) in [4.78, 5) is 11.7. The summed E-state index contributed by atoms with van der Waals surface area (Å²) in [5.41, 5.74) is 0.555. The number of amides is 1. The number of carbonyl (C=O) groups excluding carboxylic acids is 1. The molecule has 2 N–H and O–H groups in total. The van der Waals surface area contributed by atoms with Crippen molar-refractivity contribution < 1.29 is 13.2 Å². The van der Waals surface area contributed by atoms with Crippen LogP contribution in [0.15, 0.2) is 30.3 Å². The maximum absolute atomic E-state index is 11.8. The monoisotopic (exact) mass is 299 g/mol. The largest absolute Gasteiger partial charge is 0.351 e. The van der Waals surface area contributed by atoms with E-state index in [1.54, 1.807) is 38.1 Å². The third kappa shape index (κ3) is 4.92. The standard InChI is InChI=1S/C13H21N3O3S/c1-3-16(4-2)20(18,19)15-11-10-14-13(17)12-8-6-5-7-9-12/h5-9,15H,3-4,10-11H2,1-2H3,(H,14,17). The van der Waals surface area contributed by atoms with Crippen LogP contribution in [-0.2, 0) is 10.2 Å². The van der Waals surface area contributed by atoms with Gasteiger partial charge < -0.3 is 5.32 Å². The molecular weight excluding hydrogens is 278 g/mol. The third-order valence-electron chi connectivity index (χ3n) is 2.78. The van der Waals surface area contributed by atoms with E-state index in [0.717, 1.165) is 0 Å². The summed E-state index contributed by atoms with van der Waals surface area (Å²) in [6, 6.07) is 8.79. The van der Waals surface area contributed by atoms with E-state index in [0.29, 0.717) is 18.7 Å². The molecule has 0 bridgehead atoms. The summed E-state index contributed by atoms with van der Waals surface area (Å²) in [6.45, 7) is 4.80. The minimum atomic E-state index is -3.45. The van der Waals surface area contributed by atoms with Gasteiger partial charge in [0, 0.05) is 31.7 Å². The lowest BCUT2D eigenvalue weighted by Gasteiger charge is -2.18. The van der Waals surface area contributed by atoms with Crippen LogP contribution in [0.3, 0.4) is 0 Å². The SMILES string of the molecule is CCN(CC)S(=O)(=O)NCCNC(=O)c1ccccc1. The van der Waals surface area contributed by atoms with E-state index in [1.807, 2.05) is 6.07 Å². The predicted molar refractivity (Wildman–Crippen MR) is 78.6 cm³/mol. The molecule has 0 saturated carbocycles. The maximum Gasteiger partial charge on any atom is 0.279 e. The van der Waals surface area contributed by atoms with Crippen LogP contribution in [0.5, 0.6) is 0 Å². The molecule has 0 fully saturated rings. The van der Waals surface area contributed by atoms with Crippen LogP contribution >= 0.6 is 0 Å². The smallest absolute Gasteiger partial charge is 0.279 e. The molecule has 1 rings (SSSR count). The highest BCUT2D eigenvalue weighted by Gasteiger charge is 2.17. The van der Waals surface area contributed by atoms with Crippen molar-refractivity contribution in [3.05, 3.63) is 35.9 Å². The molecular formula is C13H21N3O3S. The molecule has 1 aromatic carbocycles. The van der Waals surface area contributed by atoms with Crippen molar-refractivity contribution in [2.45, 2.75) is 13.8 Å². The van der Waals surface area contributed by atoms with Gasteiger partial charge in [-0.2, -0.15) is 12.7 Å². The number of nitrogens with zero attached hydrogens (tertiary/aromatic N) is 1. The van der Waals surface area contributed by atoms with Gasteiger partial charge in [-0.15, -0.1) is 0 Å². The first-order chi connectivity index (χ1) is 9.51. The number of nitrogens with one attached hydrogen (secondary N) is 2. The van der Waals surface area contributed by atoms with Crippen molar-refractivity contribution in [2.24, 2.45) is 0 Å². The average Bonchev–Trinajstić information content (AvgIpc) is 2.45. The van der Waals surface area contributed by atoms with E-state index in [2.05, 4.69) is 10.0 Å². The van der Waals surface area contributed by atoms with E-state index in [4.69, 9.17) is 0 Å². The van der Waals surface area contributed by atoms with Crippen LogP contribution in [-0.4, -0.2) is 44.8 Å². The zero-order chi connectivity index (χ0) is 15.0. The lowest BCUT2D eigenvalue weighted by atomic mass is 10.2. The second kappa shape index (κ2) is 7.98. The molecule has 1 amide bonds. The van der Waals surface area contributed by atoms with Crippen molar-refractivity contribution in [3.8, 4) is 0 Å². The maximum atomic E-state index is 11.8. The van der Waals surface area contributed by atoms with Crippen LogP contribution < -0.4 is 10.0 Å². The Morgan fingerprint density at radius 3 is 2.25 bits per heavy atom. The highest BCUT2D eigenvalue weighted by atomic mass is 32.2. The second-order valence-electron chi connectivity index (χ2n) is 4.11. The van der Waals surface area contributed by atoms with Crippen molar-refractivity contribution >= 4 is 16.1 Å². The predicted octanol–water partition coefficient (Wildman–Crippen LogP) is 0.593. The molecule has 0 saturated heterocycles. The number of benzene rings is 1. The second-order valence-corrected chi connectivity index (χ2v) is 5.86. The Balaban J connectivity index is 2.37. The molecule has 0 aromatic heterocycles. The molecule has 112 valence electrons. The van der Waals surface area contributed by atoms with E-state index >= 15 is 0 Å². The van der Waals surface area contributed by atoms with Gasteiger partial charge in [0.15, 0.2) is 0 Å². The van der Waals surface area contributed by atoms with E-state index < -0.39 is 10.2 Å². The van der Waals surface area contributed by atoms with Gasteiger partial charge in [0.1, 0.15) is 0 Å². The van der Waals surface area contributed by atoms with E-state index in [-0.39, 0.29) is 19.0 Å². The first-order valence-corrected chi connectivity index (χ1v) is 8.03. The number of hydrogen-bond acceptors (Lipinski definition) is 3. The van der Waals surface area contributed by atoms with E-state index in [1.165, 1.54) is 4.31 Å². The van der Waals surface area contributed by atoms with Gasteiger partial charge in [0.2, 0.25) is 0 Å². The molecule has 0 atom stereocenters. The molecule has 1 aromatic rings. The number of carbonyl (C=O) groups is 1. The molecule has 0 aliphatic rings. The van der Waals surface area contributed by atoms with Crippen LogP contribution in [0, 0.1) is 0 Å². The lowest BCUT2D eigenvalue weighted by Crippen LogP contribution is -2.43. The Hall–Kier alpha value is -1.44. The quantitative estimate of drug-likeness (QED) is 0.690. The van der Waals surface area contributed by atoms with Crippen LogP contribution in [0.25, 0.3) is 0 Å². The highest BCUT2D eigenvalue weighted by molar-refractivity contribution is 7.87. The van der Waals surface area contributed by atoms with E-state index in [9.17, 15) is 13.2 Å². The Bertz CT molecular complexity index is 513. The fourth-order valence-corrected chi connectivity index (χ4v) is 2.92. The molecule has 0 aliphatic heterocycles. The Labute approximate surface area is 120 Å². The summed E-state index contributed by atoms with van der Waals surface area (Å²) >= 11 is 0. The normalized spacial score (nSPS) is 11.6. The van der Waals surface area contributed by atoms with Crippen LogP contribution in [0.2, 0.25) is 0 Å². The molecule has 0 heterocycles. The van der Waals surface area contributed by atoms with Gasteiger partial charge in [-0.25, -0.2) is 4.72 Å². The summed E-state index contributed by atoms with van der Waals surface area (Å²) in [6.07, 6.45) is 0. The first kappa shape index (κ1) is 16.6. The highest BCUT2D eigenvalue weighted by Crippen LogP contribution is 1.98. The molecule has 6 nitrogen and oxygen atoms in total. The molecule has 20 heavy (non-hydrogen) atoms. The fraction of sp³-hybridized carbons (Fsp3) is 0.462. The Morgan fingerprint density at radius 1 is 1.10 bits per heavy atom. The van der Waals surface area contributed by atoms with Crippen molar-refractivity contribution in [2.75, 3.05) is 26.2 Å². The number of rotatable bonds is 8. The van der Waals surface area contributed by atoms with Gasteiger partial charge >= 0.3 is 0 Å². The molecule has 0 unspecified atom stereocenters. The van der Waals surface area contributed by atoms with Crippen molar-refractivity contribution in [1.29, 1.82) is 0 Å².